The zero-order valence-corrected chi connectivity index (χ0v) is 13.5. The number of pyridine rings is 1. The van der Waals surface area contributed by atoms with Crippen molar-refractivity contribution in [2.24, 2.45) is 0 Å². The molecule has 120 valence electrons. The predicted molar refractivity (Wildman–Crippen MR) is 94.1 cm³/mol. The number of thiophene rings is 1. The van der Waals surface area contributed by atoms with E-state index in [9.17, 15) is 9.59 Å². The Morgan fingerprint density at radius 3 is 2.50 bits per heavy atom. The molecule has 0 radical (unpaired) electrons. The van der Waals surface area contributed by atoms with Gasteiger partial charge in [0.2, 0.25) is 0 Å². The Hall–Kier alpha value is -2.99. The van der Waals surface area contributed by atoms with E-state index >= 15 is 0 Å². The zero-order chi connectivity index (χ0) is 16.8. The summed E-state index contributed by atoms with van der Waals surface area (Å²) in [6.07, 6.45) is 3.14. The molecule has 1 aromatic carbocycles. The molecule has 3 rings (SSSR count). The molecule has 3 aromatic rings. The fraction of sp³-hybridized carbons (Fsp3) is 0.0556. The van der Waals surface area contributed by atoms with Gasteiger partial charge in [-0.2, -0.15) is 0 Å². The second kappa shape index (κ2) is 7.52. The Morgan fingerprint density at radius 2 is 1.83 bits per heavy atom. The molecule has 0 aliphatic heterocycles. The summed E-state index contributed by atoms with van der Waals surface area (Å²) in [5, 5.41) is 7.54. The molecule has 2 N–H and O–H groups in total. The standard InChI is InChI=1S/C18H15N3O2S/c22-17(14-3-1-9-19-12-14)21-15-7-5-13(6-8-15)11-20-18(23)16-4-2-10-24-16/h1-10,12H,11H2,(H,20,23)(H,21,22). The lowest BCUT2D eigenvalue weighted by Crippen LogP contribution is -2.21. The average Bonchev–Trinajstić information content (AvgIpc) is 3.16. The van der Waals surface area contributed by atoms with Gasteiger partial charge in [-0.25, -0.2) is 0 Å². The largest absolute Gasteiger partial charge is 0.347 e. The third kappa shape index (κ3) is 4.05. The van der Waals surface area contributed by atoms with Gasteiger partial charge in [-0.05, 0) is 41.3 Å². The number of aromatic nitrogens is 1. The number of carbonyl (C=O) groups excluding carboxylic acids is 2. The van der Waals surface area contributed by atoms with Crippen LogP contribution in [0.2, 0.25) is 0 Å². The van der Waals surface area contributed by atoms with E-state index in [4.69, 9.17) is 0 Å². The SMILES string of the molecule is O=C(Nc1ccc(CNC(=O)c2cccs2)cc1)c1cccnc1. The number of hydrogen-bond donors (Lipinski definition) is 2. The number of anilines is 1. The van der Waals surface area contributed by atoms with Crippen LogP contribution in [-0.4, -0.2) is 16.8 Å². The van der Waals surface area contributed by atoms with Gasteiger partial charge in [0, 0.05) is 24.6 Å². The molecule has 0 bridgehead atoms. The first kappa shape index (κ1) is 15.9. The van der Waals surface area contributed by atoms with Crippen molar-refractivity contribution in [1.82, 2.24) is 10.3 Å². The first-order valence-electron chi connectivity index (χ1n) is 7.34. The molecule has 2 amide bonds. The van der Waals surface area contributed by atoms with E-state index in [2.05, 4.69) is 15.6 Å². The van der Waals surface area contributed by atoms with Gasteiger partial charge < -0.3 is 10.6 Å². The molecule has 0 spiro atoms. The van der Waals surface area contributed by atoms with Crippen LogP contribution in [0.3, 0.4) is 0 Å². The maximum absolute atomic E-state index is 12.0. The van der Waals surface area contributed by atoms with Crippen LogP contribution in [0.1, 0.15) is 25.6 Å². The highest BCUT2D eigenvalue weighted by molar-refractivity contribution is 7.12. The number of hydrogen-bond acceptors (Lipinski definition) is 4. The molecule has 0 unspecified atom stereocenters. The Labute approximate surface area is 143 Å². The number of nitrogens with zero attached hydrogens (tertiary/aromatic N) is 1. The highest BCUT2D eigenvalue weighted by atomic mass is 32.1. The van der Waals surface area contributed by atoms with Crippen molar-refractivity contribution in [2.45, 2.75) is 6.54 Å². The minimum Gasteiger partial charge on any atom is -0.347 e. The average molecular weight is 337 g/mol. The van der Waals surface area contributed by atoms with Gasteiger partial charge >= 0.3 is 0 Å². The van der Waals surface area contributed by atoms with Crippen molar-refractivity contribution in [3.63, 3.8) is 0 Å². The summed E-state index contributed by atoms with van der Waals surface area (Å²) >= 11 is 1.41. The first-order valence-corrected chi connectivity index (χ1v) is 8.22. The van der Waals surface area contributed by atoms with Gasteiger partial charge in [-0.1, -0.05) is 18.2 Å². The highest BCUT2D eigenvalue weighted by Gasteiger charge is 2.07. The summed E-state index contributed by atoms with van der Waals surface area (Å²) in [6, 6.07) is 14.4. The van der Waals surface area contributed by atoms with E-state index in [1.54, 1.807) is 36.5 Å². The lowest BCUT2D eigenvalue weighted by Gasteiger charge is -2.07. The van der Waals surface area contributed by atoms with Crippen molar-refractivity contribution in [1.29, 1.82) is 0 Å². The van der Waals surface area contributed by atoms with Gasteiger partial charge in [0.1, 0.15) is 0 Å². The van der Waals surface area contributed by atoms with Crippen LogP contribution in [0, 0.1) is 0 Å². The monoisotopic (exact) mass is 337 g/mol. The Kier molecular flexibility index (Phi) is 4.98. The molecule has 6 heteroatoms. The van der Waals surface area contributed by atoms with E-state index in [-0.39, 0.29) is 11.8 Å². The van der Waals surface area contributed by atoms with Crippen LogP contribution < -0.4 is 10.6 Å². The number of amides is 2. The number of carbonyl (C=O) groups is 2. The minimum atomic E-state index is -0.207. The summed E-state index contributed by atoms with van der Waals surface area (Å²) in [5.41, 5.74) is 2.15. The lowest BCUT2D eigenvalue weighted by molar-refractivity contribution is 0.0954. The van der Waals surface area contributed by atoms with Gasteiger partial charge in [0.25, 0.3) is 11.8 Å². The van der Waals surface area contributed by atoms with Crippen LogP contribution in [0.4, 0.5) is 5.69 Å². The van der Waals surface area contributed by atoms with Crippen LogP contribution in [0.15, 0.2) is 66.3 Å². The summed E-state index contributed by atoms with van der Waals surface area (Å²) in [4.78, 5) is 28.5. The summed E-state index contributed by atoms with van der Waals surface area (Å²) < 4.78 is 0. The van der Waals surface area contributed by atoms with Crippen LogP contribution >= 0.6 is 11.3 Å². The molecule has 0 fully saturated rings. The number of rotatable bonds is 5. The van der Waals surface area contributed by atoms with E-state index < -0.39 is 0 Å². The molecule has 0 aliphatic rings. The van der Waals surface area contributed by atoms with E-state index in [0.717, 1.165) is 5.56 Å². The lowest BCUT2D eigenvalue weighted by atomic mass is 10.2. The summed E-state index contributed by atoms with van der Waals surface area (Å²) in [5.74, 6) is -0.291. The van der Waals surface area contributed by atoms with Gasteiger partial charge in [-0.15, -0.1) is 11.3 Å². The minimum absolute atomic E-state index is 0.0843. The maximum atomic E-state index is 12.0. The molecule has 0 aliphatic carbocycles. The third-order valence-corrected chi connectivity index (χ3v) is 4.20. The Bertz CT molecular complexity index is 815. The normalized spacial score (nSPS) is 10.2. The second-order valence-corrected chi connectivity index (χ2v) is 6.00. The topological polar surface area (TPSA) is 71.1 Å². The van der Waals surface area contributed by atoms with E-state index in [1.165, 1.54) is 17.5 Å². The first-order chi connectivity index (χ1) is 11.7. The smallest absolute Gasteiger partial charge is 0.261 e. The Morgan fingerprint density at radius 1 is 1.00 bits per heavy atom. The molecule has 2 aromatic heterocycles. The van der Waals surface area contributed by atoms with Crippen molar-refractivity contribution < 1.29 is 9.59 Å². The van der Waals surface area contributed by atoms with Crippen LogP contribution in [-0.2, 0) is 6.54 Å². The predicted octanol–water partition coefficient (Wildman–Crippen LogP) is 3.33. The highest BCUT2D eigenvalue weighted by Crippen LogP contribution is 2.12. The van der Waals surface area contributed by atoms with Crippen molar-refractivity contribution >= 4 is 28.8 Å². The molecule has 0 atom stereocenters. The summed E-state index contributed by atoms with van der Waals surface area (Å²) in [7, 11) is 0. The van der Waals surface area contributed by atoms with Gasteiger partial charge in [0.05, 0.1) is 10.4 Å². The molecular weight excluding hydrogens is 322 g/mol. The number of nitrogens with one attached hydrogen (secondary N) is 2. The van der Waals surface area contributed by atoms with E-state index in [1.807, 2.05) is 23.6 Å². The second-order valence-electron chi connectivity index (χ2n) is 5.05. The fourth-order valence-corrected chi connectivity index (χ4v) is 2.72. The van der Waals surface area contributed by atoms with Gasteiger partial charge in [0.15, 0.2) is 0 Å². The number of benzene rings is 1. The van der Waals surface area contributed by atoms with Crippen molar-refractivity contribution in [3.05, 3.63) is 82.3 Å². The quantitative estimate of drug-likeness (QED) is 0.750. The molecule has 2 heterocycles. The molecule has 0 saturated carbocycles. The molecular formula is C18H15N3O2S. The fourth-order valence-electron chi connectivity index (χ4n) is 2.08. The maximum Gasteiger partial charge on any atom is 0.261 e. The molecule has 24 heavy (non-hydrogen) atoms. The zero-order valence-electron chi connectivity index (χ0n) is 12.7. The van der Waals surface area contributed by atoms with Crippen LogP contribution in [0.5, 0.6) is 0 Å². The third-order valence-electron chi connectivity index (χ3n) is 3.33. The van der Waals surface area contributed by atoms with Crippen molar-refractivity contribution in [2.75, 3.05) is 5.32 Å². The van der Waals surface area contributed by atoms with Crippen molar-refractivity contribution in [3.8, 4) is 0 Å². The Balaban J connectivity index is 1.55. The molecule has 5 nitrogen and oxygen atoms in total. The molecule has 0 saturated heterocycles. The van der Waals surface area contributed by atoms with Gasteiger partial charge in [-0.3, -0.25) is 14.6 Å². The van der Waals surface area contributed by atoms with Crippen LogP contribution in [0.25, 0.3) is 0 Å². The van der Waals surface area contributed by atoms with E-state index in [0.29, 0.717) is 22.7 Å². The summed E-state index contributed by atoms with van der Waals surface area (Å²) in [6.45, 7) is 0.438.